The van der Waals surface area contributed by atoms with Gasteiger partial charge in [-0.3, -0.25) is 4.79 Å². The normalized spacial score (nSPS) is 14.2. The van der Waals surface area contributed by atoms with Crippen molar-refractivity contribution in [2.75, 3.05) is 7.11 Å². The van der Waals surface area contributed by atoms with Gasteiger partial charge >= 0.3 is 5.97 Å². The Morgan fingerprint density at radius 3 is 2.38 bits per heavy atom. The van der Waals surface area contributed by atoms with Gasteiger partial charge in [-0.2, -0.15) is 0 Å². The summed E-state index contributed by atoms with van der Waals surface area (Å²) in [6.45, 7) is 0. The highest BCUT2D eigenvalue weighted by Gasteiger charge is 2.18. The molecule has 0 aliphatic carbocycles. The van der Waals surface area contributed by atoms with Crippen LogP contribution in [0.4, 0.5) is 0 Å². The number of hydrogen-bond acceptors (Lipinski definition) is 4. The first-order valence-electron chi connectivity index (χ1n) is 4.91. The molecule has 1 aromatic rings. The number of carbonyl (C=O) groups is 1. The summed E-state index contributed by atoms with van der Waals surface area (Å²) in [4.78, 5) is 10.5. The van der Waals surface area contributed by atoms with E-state index in [0.29, 0.717) is 0 Å². The maximum atomic E-state index is 10.5. The van der Waals surface area contributed by atoms with Crippen molar-refractivity contribution in [3.05, 3.63) is 29.8 Å². The van der Waals surface area contributed by atoms with E-state index in [1.54, 1.807) is 31.4 Å². The van der Waals surface area contributed by atoms with Gasteiger partial charge in [0.25, 0.3) is 0 Å². The van der Waals surface area contributed by atoms with E-state index in [1.165, 1.54) is 0 Å². The van der Waals surface area contributed by atoms with Crippen molar-refractivity contribution < 1.29 is 14.6 Å². The van der Waals surface area contributed by atoms with E-state index in [1.807, 2.05) is 0 Å². The van der Waals surface area contributed by atoms with E-state index in [4.69, 9.17) is 21.3 Å². The topological polar surface area (TPSA) is 98.6 Å². The zero-order chi connectivity index (χ0) is 12.1. The van der Waals surface area contributed by atoms with Crippen molar-refractivity contribution in [1.29, 1.82) is 0 Å². The van der Waals surface area contributed by atoms with Gasteiger partial charge in [0.2, 0.25) is 0 Å². The second-order valence-corrected chi connectivity index (χ2v) is 3.56. The minimum Gasteiger partial charge on any atom is -0.497 e. The van der Waals surface area contributed by atoms with Crippen molar-refractivity contribution >= 4 is 5.97 Å². The number of aliphatic carboxylic acids is 1. The molecule has 0 saturated carbocycles. The number of ether oxygens (including phenoxy) is 1. The lowest BCUT2D eigenvalue weighted by Gasteiger charge is -2.18. The van der Waals surface area contributed by atoms with Crippen LogP contribution in [0.25, 0.3) is 0 Å². The molecule has 0 radical (unpaired) electrons. The quantitative estimate of drug-likeness (QED) is 0.676. The van der Waals surface area contributed by atoms with Gasteiger partial charge in [-0.1, -0.05) is 12.1 Å². The molecule has 1 aromatic carbocycles. The van der Waals surface area contributed by atoms with Gasteiger partial charge in [0.1, 0.15) is 5.75 Å². The Hall–Kier alpha value is -1.59. The molecule has 0 bridgehead atoms. The summed E-state index contributed by atoms with van der Waals surface area (Å²) < 4.78 is 5.01. The minimum atomic E-state index is -0.948. The average Bonchev–Trinajstić information content (AvgIpc) is 2.27. The summed E-state index contributed by atoms with van der Waals surface area (Å²) in [6, 6.07) is 6.02. The Labute approximate surface area is 94.0 Å². The molecule has 2 atom stereocenters. The molecular weight excluding hydrogens is 208 g/mol. The van der Waals surface area contributed by atoms with Crippen molar-refractivity contribution in [3.63, 3.8) is 0 Å². The molecule has 1 rings (SSSR count). The van der Waals surface area contributed by atoms with Crippen LogP contribution in [0.5, 0.6) is 5.75 Å². The summed E-state index contributed by atoms with van der Waals surface area (Å²) in [5.41, 5.74) is 12.3. The highest BCUT2D eigenvalue weighted by atomic mass is 16.5. The zero-order valence-corrected chi connectivity index (χ0v) is 9.09. The molecule has 2 unspecified atom stereocenters. The van der Waals surface area contributed by atoms with Crippen molar-refractivity contribution in [2.24, 2.45) is 11.5 Å². The lowest BCUT2D eigenvalue weighted by Crippen LogP contribution is -2.35. The van der Waals surface area contributed by atoms with Crippen molar-refractivity contribution in [3.8, 4) is 5.75 Å². The Morgan fingerprint density at radius 2 is 1.94 bits per heavy atom. The number of benzene rings is 1. The molecular formula is C11H16N2O3. The van der Waals surface area contributed by atoms with E-state index in [-0.39, 0.29) is 6.42 Å². The second-order valence-electron chi connectivity index (χ2n) is 3.56. The van der Waals surface area contributed by atoms with Gasteiger partial charge in [-0.25, -0.2) is 0 Å². The van der Waals surface area contributed by atoms with Gasteiger partial charge in [0.15, 0.2) is 0 Å². The molecule has 0 aromatic heterocycles. The minimum absolute atomic E-state index is 0.146. The molecule has 88 valence electrons. The smallest absolute Gasteiger partial charge is 0.304 e. The fourth-order valence-corrected chi connectivity index (χ4v) is 1.40. The van der Waals surface area contributed by atoms with Crippen molar-refractivity contribution in [2.45, 2.75) is 18.5 Å². The van der Waals surface area contributed by atoms with Crippen LogP contribution in [0.3, 0.4) is 0 Å². The number of methoxy groups -OCH3 is 1. The van der Waals surface area contributed by atoms with Gasteiger partial charge in [0.05, 0.1) is 13.5 Å². The van der Waals surface area contributed by atoms with Gasteiger partial charge < -0.3 is 21.3 Å². The highest BCUT2D eigenvalue weighted by molar-refractivity contribution is 5.67. The fraction of sp³-hybridized carbons (Fsp3) is 0.364. The van der Waals surface area contributed by atoms with Gasteiger partial charge in [-0.05, 0) is 17.7 Å². The second kappa shape index (κ2) is 5.48. The van der Waals surface area contributed by atoms with Crippen LogP contribution in [-0.2, 0) is 4.79 Å². The number of carboxylic acid groups (broad SMARTS) is 1. The third kappa shape index (κ3) is 3.22. The predicted octanol–water partition coefficient (Wildman–Crippen LogP) is 0.497. The number of carboxylic acids is 1. The zero-order valence-electron chi connectivity index (χ0n) is 9.09. The maximum absolute atomic E-state index is 10.5. The average molecular weight is 224 g/mol. The molecule has 0 aliphatic heterocycles. The van der Waals surface area contributed by atoms with E-state index in [0.717, 1.165) is 11.3 Å². The molecule has 0 amide bonds. The first kappa shape index (κ1) is 12.5. The molecule has 5 heteroatoms. The molecule has 0 saturated heterocycles. The first-order valence-corrected chi connectivity index (χ1v) is 4.91. The Kier molecular flexibility index (Phi) is 4.28. The number of nitrogens with two attached hydrogens (primary N) is 2. The molecule has 5 N–H and O–H groups in total. The molecule has 0 aliphatic rings. The fourth-order valence-electron chi connectivity index (χ4n) is 1.40. The van der Waals surface area contributed by atoms with Crippen LogP contribution in [-0.4, -0.2) is 24.2 Å². The first-order chi connectivity index (χ1) is 7.54. The van der Waals surface area contributed by atoms with Crippen LogP contribution >= 0.6 is 0 Å². The summed E-state index contributed by atoms with van der Waals surface area (Å²) >= 11 is 0. The van der Waals surface area contributed by atoms with Gasteiger partial charge in [-0.15, -0.1) is 0 Å². The Bertz CT molecular complexity index is 351. The third-order valence-electron chi connectivity index (χ3n) is 2.37. The SMILES string of the molecule is COc1ccc(C(N)C(N)CC(=O)O)cc1. The van der Waals surface area contributed by atoms with Gasteiger partial charge in [0, 0.05) is 12.1 Å². The van der Waals surface area contributed by atoms with E-state index < -0.39 is 18.1 Å². The summed E-state index contributed by atoms with van der Waals surface area (Å²) in [7, 11) is 1.57. The molecule has 5 nitrogen and oxygen atoms in total. The van der Waals surface area contributed by atoms with E-state index in [9.17, 15) is 4.79 Å². The number of rotatable bonds is 5. The monoisotopic (exact) mass is 224 g/mol. The predicted molar refractivity (Wildman–Crippen MR) is 60.2 cm³/mol. The van der Waals surface area contributed by atoms with Crippen LogP contribution < -0.4 is 16.2 Å². The largest absolute Gasteiger partial charge is 0.497 e. The van der Waals surface area contributed by atoms with E-state index in [2.05, 4.69) is 0 Å². The van der Waals surface area contributed by atoms with Crippen LogP contribution in [0.1, 0.15) is 18.0 Å². The Morgan fingerprint density at radius 1 is 1.38 bits per heavy atom. The van der Waals surface area contributed by atoms with E-state index >= 15 is 0 Å². The lowest BCUT2D eigenvalue weighted by molar-refractivity contribution is -0.137. The number of hydrogen-bond donors (Lipinski definition) is 3. The van der Waals surface area contributed by atoms with Crippen LogP contribution in [0.15, 0.2) is 24.3 Å². The summed E-state index contributed by atoms with van der Waals surface area (Å²) in [5, 5.41) is 8.61. The molecule has 16 heavy (non-hydrogen) atoms. The molecule has 0 fully saturated rings. The lowest BCUT2D eigenvalue weighted by atomic mass is 9.98. The van der Waals surface area contributed by atoms with Crippen LogP contribution in [0, 0.1) is 0 Å². The summed E-state index contributed by atoms with van der Waals surface area (Å²) in [5.74, 6) is -0.223. The highest BCUT2D eigenvalue weighted by Crippen LogP contribution is 2.18. The molecule has 0 heterocycles. The molecule has 0 spiro atoms. The standard InChI is InChI=1S/C11H16N2O3/c1-16-8-4-2-7(3-5-8)11(13)9(12)6-10(14)15/h2-5,9,11H,6,12-13H2,1H3,(H,14,15). The maximum Gasteiger partial charge on any atom is 0.304 e. The van der Waals surface area contributed by atoms with Crippen LogP contribution in [0.2, 0.25) is 0 Å². The summed E-state index contributed by atoms with van der Waals surface area (Å²) in [6.07, 6.45) is -0.146. The third-order valence-corrected chi connectivity index (χ3v) is 2.37. The van der Waals surface area contributed by atoms with Crippen molar-refractivity contribution in [1.82, 2.24) is 0 Å². The Balaban J connectivity index is 2.71.